The lowest BCUT2D eigenvalue weighted by atomic mass is 10.1. The summed E-state index contributed by atoms with van der Waals surface area (Å²) in [7, 11) is 0. The van der Waals surface area contributed by atoms with Gasteiger partial charge < -0.3 is 10.4 Å². The summed E-state index contributed by atoms with van der Waals surface area (Å²) in [5.74, 6) is -0.258. The van der Waals surface area contributed by atoms with Crippen molar-refractivity contribution in [2.24, 2.45) is 0 Å². The van der Waals surface area contributed by atoms with Crippen LogP contribution in [-0.4, -0.2) is 21.2 Å². The van der Waals surface area contributed by atoms with Crippen molar-refractivity contribution in [1.82, 2.24) is 10.2 Å². The molecule has 0 bridgehead atoms. The van der Waals surface area contributed by atoms with Crippen LogP contribution in [0.25, 0.3) is 11.3 Å². The van der Waals surface area contributed by atoms with Crippen LogP contribution in [0.2, 0.25) is 5.02 Å². The highest BCUT2D eigenvalue weighted by Crippen LogP contribution is 2.30. The van der Waals surface area contributed by atoms with Crippen molar-refractivity contribution >= 4 is 23.2 Å². The van der Waals surface area contributed by atoms with E-state index < -0.39 is 0 Å². The average molecular weight is 328 g/mol. The number of nitrogens with zero attached hydrogens (tertiary/aromatic N) is 1. The second kappa shape index (κ2) is 6.14. The summed E-state index contributed by atoms with van der Waals surface area (Å²) >= 11 is 5.93. The Morgan fingerprint density at radius 2 is 2.00 bits per heavy atom. The number of benzene rings is 2. The van der Waals surface area contributed by atoms with Gasteiger partial charge in [0.1, 0.15) is 11.4 Å². The molecule has 116 valence electrons. The van der Waals surface area contributed by atoms with Gasteiger partial charge in [-0.1, -0.05) is 29.8 Å². The molecule has 0 radical (unpaired) electrons. The molecule has 1 heterocycles. The molecular weight excluding hydrogens is 314 g/mol. The van der Waals surface area contributed by atoms with E-state index >= 15 is 0 Å². The normalized spacial score (nSPS) is 10.5. The molecule has 23 heavy (non-hydrogen) atoms. The minimum Gasteiger partial charge on any atom is -0.507 e. The van der Waals surface area contributed by atoms with Gasteiger partial charge in [-0.3, -0.25) is 9.89 Å². The number of carbonyl (C=O) groups excluding carboxylic acids is 1. The van der Waals surface area contributed by atoms with Gasteiger partial charge in [0.05, 0.1) is 5.69 Å². The highest BCUT2D eigenvalue weighted by atomic mass is 35.5. The van der Waals surface area contributed by atoms with Gasteiger partial charge in [0.25, 0.3) is 5.91 Å². The van der Waals surface area contributed by atoms with Gasteiger partial charge in [0.2, 0.25) is 0 Å². The van der Waals surface area contributed by atoms with Crippen molar-refractivity contribution < 1.29 is 9.90 Å². The predicted octanol–water partition coefficient (Wildman–Crippen LogP) is 4.00. The number of para-hydroxylation sites is 1. The fourth-order valence-corrected chi connectivity index (χ4v) is 2.36. The van der Waals surface area contributed by atoms with Crippen LogP contribution in [0.5, 0.6) is 5.75 Å². The van der Waals surface area contributed by atoms with Crippen LogP contribution in [0.1, 0.15) is 16.1 Å². The number of anilines is 1. The summed E-state index contributed by atoms with van der Waals surface area (Å²) in [5.41, 5.74) is 2.90. The largest absolute Gasteiger partial charge is 0.507 e. The third-order valence-electron chi connectivity index (χ3n) is 3.45. The highest BCUT2D eigenvalue weighted by Gasteiger charge is 2.14. The zero-order chi connectivity index (χ0) is 16.4. The first-order chi connectivity index (χ1) is 11.0. The number of H-pyrrole nitrogens is 1. The average Bonchev–Trinajstić information content (AvgIpc) is 3.02. The second-order valence-electron chi connectivity index (χ2n) is 5.10. The highest BCUT2D eigenvalue weighted by molar-refractivity contribution is 6.31. The van der Waals surface area contributed by atoms with Crippen LogP contribution in [0.4, 0.5) is 5.69 Å². The number of aromatic amines is 1. The van der Waals surface area contributed by atoms with Gasteiger partial charge in [0.15, 0.2) is 0 Å². The number of aryl methyl sites for hydroxylation is 1. The molecule has 0 saturated heterocycles. The van der Waals surface area contributed by atoms with Crippen molar-refractivity contribution in [3.05, 3.63) is 64.8 Å². The van der Waals surface area contributed by atoms with E-state index in [9.17, 15) is 9.90 Å². The first-order valence-electron chi connectivity index (χ1n) is 6.96. The predicted molar refractivity (Wildman–Crippen MR) is 89.8 cm³/mol. The number of phenols is 1. The third kappa shape index (κ3) is 3.19. The lowest BCUT2D eigenvalue weighted by Gasteiger charge is -2.06. The summed E-state index contributed by atoms with van der Waals surface area (Å²) in [4.78, 5) is 12.3. The molecule has 0 aliphatic carbocycles. The van der Waals surface area contributed by atoms with Crippen molar-refractivity contribution in [3.63, 3.8) is 0 Å². The maximum absolute atomic E-state index is 12.3. The van der Waals surface area contributed by atoms with E-state index in [1.165, 1.54) is 6.07 Å². The first-order valence-corrected chi connectivity index (χ1v) is 7.33. The van der Waals surface area contributed by atoms with Gasteiger partial charge in [-0.05, 0) is 42.8 Å². The number of carbonyl (C=O) groups is 1. The Labute approximate surface area is 137 Å². The number of amides is 1. The van der Waals surface area contributed by atoms with Crippen LogP contribution in [0.3, 0.4) is 0 Å². The number of aromatic hydroxyl groups is 1. The SMILES string of the molecule is Cc1ccccc1NC(=O)c1cc(-c2cc(Cl)ccc2O)n[nH]1. The minimum absolute atomic E-state index is 0.0479. The fourth-order valence-electron chi connectivity index (χ4n) is 2.19. The van der Waals surface area contributed by atoms with Crippen LogP contribution < -0.4 is 5.32 Å². The molecule has 6 heteroatoms. The Morgan fingerprint density at radius 3 is 2.78 bits per heavy atom. The standard InChI is InChI=1S/C17H14ClN3O2/c1-10-4-2-3-5-13(10)19-17(23)15-9-14(20-21-15)12-8-11(18)6-7-16(12)22/h2-9,22H,1H3,(H,19,23)(H,20,21). The Bertz CT molecular complexity index is 874. The quantitative estimate of drug-likeness (QED) is 0.680. The number of aromatic nitrogens is 2. The van der Waals surface area contributed by atoms with Crippen molar-refractivity contribution in [1.29, 1.82) is 0 Å². The summed E-state index contributed by atoms with van der Waals surface area (Å²) in [6, 6.07) is 13.7. The number of hydrogen-bond acceptors (Lipinski definition) is 3. The molecule has 3 aromatic rings. The van der Waals surface area contributed by atoms with Gasteiger partial charge in [-0.2, -0.15) is 5.10 Å². The Balaban J connectivity index is 1.86. The number of nitrogens with one attached hydrogen (secondary N) is 2. The Hall–Kier alpha value is -2.79. The summed E-state index contributed by atoms with van der Waals surface area (Å²) < 4.78 is 0. The molecule has 3 N–H and O–H groups in total. The number of phenolic OH excluding ortho intramolecular Hbond substituents is 1. The van der Waals surface area contributed by atoms with Gasteiger partial charge in [-0.25, -0.2) is 0 Å². The minimum atomic E-state index is -0.306. The summed E-state index contributed by atoms with van der Waals surface area (Å²) in [6.45, 7) is 1.91. The lowest BCUT2D eigenvalue weighted by Crippen LogP contribution is -2.13. The van der Waals surface area contributed by atoms with Gasteiger partial charge >= 0.3 is 0 Å². The van der Waals surface area contributed by atoms with Crippen molar-refractivity contribution in [2.75, 3.05) is 5.32 Å². The molecule has 0 aliphatic rings. The lowest BCUT2D eigenvalue weighted by molar-refractivity contribution is 0.102. The zero-order valence-corrected chi connectivity index (χ0v) is 13.1. The molecule has 0 spiro atoms. The van der Waals surface area contributed by atoms with E-state index in [2.05, 4.69) is 15.5 Å². The van der Waals surface area contributed by atoms with Crippen LogP contribution in [0.15, 0.2) is 48.5 Å². The monoisotopic (exact) mass is 327 g/mol. The smallest absolute Gasteiger partial charge is 0.273 e. The number of halogens is 1. The van der Waals surface area contributed by atoms with E-state index in [1.54, 1.807) is 18.2 Å². The van der Waals surface area contributed by atoms with Crippen molar-refractivity contribution in [3.8, 4) is 17.0 Å². The molecule has 0 unspecified atom stereocenters. The van der Waals surface area contributed by atoms with E-state index in [-0.39, 0.29) is 11.7 Å². The van der Waals surface area contributed by atoms with Crippen LogP contribution >= 0.6 is 11.6 Å². The molecule has 0 fully saturated rings. The maximum Gasteiger partial charge on any atom is 0.273 e. The molecule has 2 aromatic carbocycles. The van der Waals surface area contributed by atoms with E-state index in [4.69, 9.17) is 11.6 Å². The molecular formula is C17H14ClN3O2. The van der Waals surface area contributed by atoms with Crippen LogP contribution in [0, 0.1) is 6.92 Å². The summed E-state index contributed by atoms with van der Waals surface area (Å²) in [5, 5.41) is 19.9. The molecule has 0 saturated carbocycles. The number of hydrogen-bond donors (Lipinski definition) is 3. The zero-order valence-electron chi connectivity index (χ0n) is 12.3. The molecule has 5 nitrogen and oxygen atoms in total. The second-order valence-corrected chi connectivity index (χ2v) is 5.53. The van der Waals surface area contributed by atoms with E-state index in [1.807, 2.05) is 31.2 Å². The van der Waals surface area contributed by atoms with Crippen LogP contribution in [-0.2, 0) is 0 Å². The molecule has 1 amide bonds. The molecule has 1 aromatic heterocycles. The molecule has 0 aliphatic heterocycles. The topological polar surface area (TPSA) is 78.0 Å². The Morgan fingerprint density at radius 1 is 1.22 bits per heavy atom. The maximum atomic E-state index is 12.3. The van der Waals surface area contributed by atoms with Gasteiger partial charge in [-0.15, -0.1) is 0 Å². The van der Waals surface area contributed by atoms with E-state index in [0.717, 1.165) is 11.3 Å². The van der Waals surface area contributed by atoms with E-state index in [0.29, 0.717) is 22.0 Å². The van der Waals surface area contributed by atoms with Gasteiger partial charge in [0, 0.05) is 16.3 Å². The third-order valence-corrected chi connectivity index (χ3v) is 3.69. The summed E-state index contributed by atoms with van der Waals surface area (Å²) in [6.07, 6.45) is 0. The molecule has 0 atom stereocenters. The first kappa shape index (κ1) is 15.1. The van der Waals surface area contributed by atoms with Crippen molar-refractivity contribution in [2.45, 2.75) is 6.92 Å². The molecule has 3 rings (SSSR count). The Kier molecular flexibility index (Phi) is 4.04. The number of rotatable bonds is 3. The fraction of sp³-hybridized carbons (Fsp3) is 0.0588.